The zero-order chi connectivity index (χ0) is 22.2. The number of aryl methyl sites for hydroxylation is 2. The Kier molecular flexibility index (Phi) is 5.34. The molecule has 0 aliphatic heterocycles. The van der Waals surface area contributed by atoms with Gasteiger partial charge in [-0.05, 0) is 61.4 Å². The fourth-order valence-corrected chi connectivity index (χ4v) is 4.67. The van der Waals surface area contributed by atoms with E-state index in [0.29, 0.717) is 16.7 Å². The predicted molar refractivity (Wildman–Crippen MR) is 119 cm³/mol. The zero-order valence-electron chi connectivity index (χ0n) is 16.5. The van der Waals surface area contributed by atoms with Crippen molar-refractivity contribution >= 4 is 49.1 Å². The summed E-state index contributed by atoms with van der Waals surface area (Å²) in [5.41, 5.74) is 2.26. The largest absolute Gasteiger partial charge is 0.451 e. The van der Waals surface area contributed by atoms with E-state index in [1.807, 2.05) is 13.8 Å². The van der Waals surface area contributed by atoms with Crippen LogP contribution in [-0.4, -0.2) is 19.3 Å². The molecule has 0 saturated carbocycles. The lowest BCUT2D eigenvalue weighted by Gasteiger charge is -2.08. The van der Waals surface area contributed by atoms with Crippen LogP contribution in [0.5, 0.6) is 0 Å². The Morgan fingerprint density at radius 1 is 1.06 bits per heavy atom. The highest BCUT2D eigenvalue weighted by Gasteiger charge is 2.17. The van der Waals surface area contributed by atoms with Crippen LogP contribution in [0.2, 0.25) is 0 Å². The molecule has 0 fully saturated rings. The SMILES string of the molecule is Cc1cc2oc(C(=O)Nc3ccc(S(=O)(=O)Nc4nccs4)cc3)cc(=O)c2cc1C. The van der Waals surface area contributed by atoms with Crippen molar-refractivity contribution in [2.24, 2.45) is 0 Å². The van der Waals surface area contributed by atoms with E-state index in [1.165, 1.54) is 30.5 Å². The topological polar surface area (TPSA) is 118 Å². The lowest BCUT2D eigenvalue weighted by Crippen LogP contribution is -2.16. The van der Waals surface area contributed by atoms with Gasteiger partial charge in [0, 0.05) is 23.3 Å². The molecule has 4 aromatic rings. The molecule has 10 heteroatoms. The molecule has 0 bridgehead atoms. The molecule has 31 heavy (non-hydrogen) atoms. The second-order valence-electron chi connectivity index (χ2n) is 6.83. The number of anilines is 2. The van der Waals surface area contributed by atoms with Gasteiger partial charge in [-0.15, -0.1) is 11.3 Å². The summed E-state index contributed by atoms with van der Waals surface area (Å²) < 4.78 is 32.8. The van der Waals surface area contributed by atoms with Crippen molar-refractivity contribution in [3.05, 3.63) is 81.2 Å². The Morgan fingerprint density at radius 2 is 1.77 bits per heavy atom. The van der Waals surface area contributed by atoms with Gasteiger partial charge in [-0.2, -0.15) is 0 Å². The maximum Gasteiger partial charge on any atom is 0.291 e. The lowest BCUT2D eigenvalue weighted by molar-refractivity contribution is 0.0997. The maximum absolute atomic E-state index is 12.6. The predicted octanol–water partition coefficient (Wildman–Crippen LogP) is 3.92. The molecule has 1 amide bonds. The summed E-state index contributed by atoms with van der Waals surface area (Å²) in [7, 11) is -3.79. The average Bonchev–Trinajstić information content (AvgIpc) is 3.22. The van der Waals surface area contributed by atoms with Gasteiger partial charge in [0.15, 0.2) is 16.3 Å². The molecule has 8 nitrogen and oxygen atoms in total. The number of rotatable bonds is 5. The number of aromatic nitrogens is 1. The van der Waals surface area contributed by atoms with Gasteiger partial charge in [0.25, 0.3) is 15.9 Å². The summed E-state index contributed by atoms with van der Waals surface area (Å²) in [5, 5.41) is 4.92. The van der Waals surface area contributed by atoms with Gasteiger partial charge < -0.3 is 9.73 Å². The van der Waals surface area contributed by atoms with Crippen LogP contribution in [0.25, 0.3) is 11.0 Å². The second-order valence-corrected chi connectivity index (χ2v) is 9.41. The van der Waals surface area contributed by atoms with Crippen LogP contribution in [0.1, 0.15) is 21.7 Å². The van der Waals surface area contributed by atoms with Gasteiger partial charge in [0.1, 0.15) is 5.58 Å². The van der Waals surface area contributed by atoms with Crippen LogP contribution in [0, 0.1) is 13.8 Å². The number of hydrogen-bond acceptors (Lipinski definition) is 7. The molecule has 0 spiro atoms. The van der Waals surface area contributed by atoms with Gasteiger partial charge in [0.2, 0.25) is 0 Å². The number of carbonyl (C=O) groups is 1. The van der Waals surface area contributed by atoms with E-state index in [2.05, 4.69) is 15.0 Å². The number of nitrogens with zero attached hydrogens (tertiary/aromatic N) is 1. The van der Waals surface area contributed by atoms with E-state index < -0.39 is 15.9 Å². The quantitative estimate of drug-likeness (QED) is 0.471. The third kappa shape index (κ3) is 4.35. The highest BCUT2D eigenvalue weighted by Crippen LogP contribution is 2.21. The smallest absolute Gasteiger partial charge is 0.291 e. The van der Waals surface area contributed by atoms with Crippen LogP contribution in [-0.2, 0) is 10.0 Å². The molecule has 0 saturated heterocycles. The number of hydrogen-bond donors (Lipinski definition) is 2. The van der Waals surface area contributed by atoms with E-state index in [9.17, 15) is 18.0 Å². The Morgan fingerprint density at radius 3 is 2.45 bits per heavy atom. The number of benzene rings is 2. The van der Waals surface area contributed by atoms with Crippen molar-refractivity contribution in [3.8, 4) is 0 Å². The fraction of sp³-hybridized carbons (Fsp3) is 0.0952. The van der Waals surface area contributed by atoms with Crippen LogP contribution < -0.4 is 15.5 Å². The molecular weight excluding hydrogens is 438 g/mol. The monoisotopic (exact) mass is 455 g/mol. The molecule has 2 aromatic carbocycles. The molecule has 2 N–H and O–H groups in total. The van der Waals surface area contributed by atoms with Crippen molar-refractivity contribution in [2.75, 3.05) is 10.0 Å². The second kappa shape index (κ2) is 7.97. The maximum atomic E-state index is 12.6. The number of thiazole rings is 1. The highest BCUT2D eigenvalue weighted by molar-refractivity contribution is 7.93. The summed E-state index contributed by atoms with van der Waals surface area (Å²) in [6, 6.07) is 10.2. The van der Waals surface area contributed by atoms with Crippen molar-refractivity contribution in [1.82, 2.24) is 4.98 Å². The molecular formula is C21H17N3O5S2. The molecule has 158 valence electrons. The summed E-state index contributed by atoms with van der Waals surface area (Å²) in [4.78, 5) is 28.9. The first kappa shape index (κ1) is 20.8. The molecule has 0 radical (unpaired) electrons. The van der Waals surface area contributed by atoms with Crippen molar-refractivity contribution in [1.29, 1.82) is 0 Å². The van der Waals surface area contributed by atoms with E-state index in [4.69, 9.17) is 4.42 Å². The number of amides is 1. The van der Waals surface area contributed by atoms with Crippen molar-refractivity contribution < 1.29 is 17.6 Å². The Balaban J connectivity index is 1.55. The highest BCUT2D eigenvalue weighted by atomic mass is 32.2. The number of fused-ring (bicyclic) bond motifs is 1. The lowest BCUT2D eigenvalue weighted by atomic mass is 10.1. The standard InChI is InChI=1S/C21H17N3O5S2/c1-12-9-16-17(25)11-19(29-18(16)10-13(12)2)20(26)23-14-3-5-15(6-4-14)31(27,28)24-21-22-7-8-30-21/h3-11H,1-2H3,(H,22,24)(H,23,26). The first-order valence-electron chi connectivity index (χ1n) is 9.12. The average molecular weight is 456 g/mol. The van der Waals surface area contributed by atoms with Gasteiger partial charge in [-0.3, -0.25) is 14.3 Å². The first-order chi connectivity index (χ1) is 14.7. The summed E-state index contributed by atoms with van der Waals surface area (Å²) in [5.74, 6) is -0.753. The van der Waals surface area contributed by atoms with Crippen molar-refractivity contribution in [3.63, 3.8) is 0 Å². The minimum absolute atomic E-state index is 0.0174. The minimum atomic E-state index is -3.79. The Labute approximate surface area is 181 Å². The zero-order valence-corrected chi connectivity index (χ0v) is 18.1. The Hall–Kier alpha value is -3.50. The minimum Gasteiger partial charge on any atom is -0.451 e. The molecule has 0 aliphatic carbocycles. The van der Waals surface area contributed by atoms with E-state index >= 15 is 0 Å². The summed E-state index contributed by atoms with van der Waals surface area (Å²) in [6.45, 7) is 3.78. The molecule has 0 atom stereocenters. The molecule has 2 aromatic heterocycles. The third-order valence-corrected chi connectivity index (χ3v) is 6.82. The number of sulfonamides is 1. The van der Waals surface area contributed by atoms with E-state index in [0.717, 1.165) is 28.5 Å². The normalized spacial score (nSPS) is 11.4. The van der Waals surface area contributed by atoms with Gasteiger partial charge in [-0.25, -0.2) is 13.4 Å². The number of nitrogens with one attached hydrogen (secondary N) is 2. The molecule has 0 aliphatic rings. The van der Waals surface area contributed by atoms with Crippen LogP contribution in [0.4, 0.5) is 10.8 Å². The first-order valence-corrected chi connectivity index (χ1v) is 11.5. The third-order valence-electron chi connectivity index (χ3n) is 4.64. The van der Waals surface area contributed by atoms with Gasteiger partial charge in [0.05, 0.1) is 10.3 Å². The van der Waals surface area contributed by atoms with Crippen LogP contribution in [0.3, 0.4) is 0 Å². The molecule has 0 unspecified atom stereocenters. The fourth-order valence-electron chi connectivity index (χ4n) is 2.88. The summed E-state index contributed by atoms with van der Waals surface area (Å²) in [6.07, 6.45) is 1.49. The van der Waals surface area contributed by atoms with Crippen molar-refractivity contribution in [2.45, 2.75) is 18.7 Å². The van der Waals surface area contributed by atoms with Gasteiger partial charge in [-0.1, -0.05) is 0 Å². The van der Waals surface area contributed by atoms with E-state index in [1.54, 1.807) is 17.5 Å². The summed E-state index contributed by atoms with van der Waals surface area (Å²) >= 11 is 1.16. The Bertz CT molecular complexity index is 1440. The number of carbonyl (C=O) groups excluding carboxylic acids is 1. The van der Waals surface area contributed by atoms with E-state index in [-0.39, 0.29) is 21.2 Å². The molecule has 4 rings (SSSR count). The van der Waals surface area contributed by atoms with Crippen LogP contribution in [0.15, 0.2) is 68.1 Å². The molecule has 2 heterocycles. The van der Waals surface area contributed by atoms with Gasteiger partial charge >= 0.3 is 0 Å². The van der Waals surface area contributed by atoms with Crippen LogP contribution >= 0.6 is 11.3 Å².